The highest BCUT2D eigenvalue weighted by Gasteiger charge is 2.34. The molecule has 1 aliphatic carbocycles. The molecular weight excluding hydrogens is 286 g/mol. The van der Waals surface area contributed by atoms with Crippen molar-refractivity contribution in [1.29, 1.82) is 0 Å². The number of hydrogen-bond acceptors (Lipinski definition) is 5. The van der Waals surface area contributed by atoms with E-state index in [1.807, 2.05) is 0 Å². The minimum Gasteiger partial charge on any atom is -0.469 e. The first-order valence-electron chi connectivity index (χ1n) is 7.90. The van der Waals surface area contributed by atoms with Crippen LogP contribution in [-0.2, 0) is 14.3 Å². The van der Waals surface area contributed by atoms with Crippen molar-refractivity contribution in [2.75, 3.05) is 20.3 Å². The molecular formula is C16H23NO3S. The van der Waals surface area contributed by atoms with Crippen molar-refractivity contribution < 1.29 is 14.3 Å². The van der Waals surface area contributed by atoms with E-state index < -0.39 is 0 Å². The van der Waals surface area contributed by atoms with E-state index in [4.69, 9.17) is 14.5 Å². The van der Waals surface area contributed by atoms with Crippen LogP contribution in [0.3, 0.4) is 0 Å². The van der Waals surface area contributed by atoms with Gasteiger partial charge in [-0.1, -0.05) is 12.8 Å². The van der Waals surface area contributed by atoms with Gasteiger partial charge in [-0.05, 0) is 25.7 Å². The Morgan fingerprint density at radius 2 is 2.05 bits per heavy atom. The maximum atomic E-state index is 12.0. The summed E-state index contributed by atoms with van der Waals surface area (Å²) in [5.74, 6) is 0.711. The lowest BCUT2D eigenvalue weighted by Gasteiger charge is -2.28. The lowest BCUT2D eigenvalue weighted by molar-refractivity contribution is -0.147. The summed E-state index contributed by atoms with van der Waals surface area (Å²) in [5, 5.41) is 3.39. The van der Waals surface area contributed by atoms with Crippen molar-refractivity contribution in [3.63, 3.8) is 0 Å². The normalized spacial score (nSPS) is 27.5. The summed E-state index contributed by atoms with van der Waals surface area (Å²) in [6.07, 6.45) is 6.42. The number of carbonyl (C=O) groups is 1. The van der Waals surface area contributed by atoms with Gasteiger partial charge in [-0.15, -0.1) is 11.3 Å². The molecule has 2 fully saturated rings. The molecule has 0 amide bonds. The van der Waals surface area contributed by atoms with Crippen LogP contribution in [0.5, 0.6) is 0 Å². The molecule has 0 bridgehead atoms. The van der Waals surface area contributed by atoms with Gasteiger partial charge in [0.1, 0.15) is 0 Å². The molecule has 1 saturated carbocycles. The molecule has 2 atom stereocenters. The Morgan fingerprint density at radius 1 is 1.29 bits per heavy atom. The predicted molar refractivity (Wildman–Crippen MR) is 81.6 cm³/mol. The van der Waals surface area contributed by atoms with Gasteiger partial charge in [-0.25, -0.2) is 4.98 Å². The molecule has 0 N–H and O–H groups in total. The first-order chi connectivity index (χ1) is 10.3. The lowest BCUT2D eigenvalue weighted by atomic mass is 9.78. The monoisotopic (exact) mass is 309 g/mol. The quantitative estimate of drug-likeness (QED) is 0.802. The first kappa shape index (κ1) is 15.0. The van der Waals surface area contributed by atoms with Gasteiger partial charge < -0.3 is 9.47 Å². The molecule has 21 heavy (non-hydrogen) atoms. The van der Waals surface area contributed by atoms with Crippen LogP contribution < -0.4 is 0 Å². The van der Waals surface area contributed by atoms with Gasteiger partial charge in [-0.2, -0.15) is 0 Å². The van der Waals surface area contributed by atoms with Crippen LogP contribution in [0, 0.1) is 5.92 Å². The maximum absolute atomic E-state index is 12.0. The molecule has 0 spiro atoms. The molecule has 1 aromatic rings. The first-order valence-corrected chi connectivity index (χ1v) is 8.78. The number of ether oxygens (including phenoxy) is 2. The van der Waals surface area contributed by atoms with Crippen molar-refractivity contribution in [3.8, 4) is 0 Å². The van der Waals surface area contributed by atoms with E-state index in [9.17, 15) is 4.79 Å². The highest BCUT2D eigenvalue weighted by atomic mass is 32.1. The number of carbonyl (C=O) groups excluding carboxylic acids is 1. The maximum Gasteiger partial charge on any atom is 0.309 e. The third-order valence-electron chi connectivity index (χ3n) is 4.76. The average molecular weight is 309 g/mol. The topological polar surface area (TPSA) is 48.4 Å². The van der Waals surface area contributed by atoms with Crippen LogP contribution in [0.15, 0.2) is 5.38 Å². The molecule has 116 valence electrons. The summed E-state index contributed by atoms with van der Waals surface area (Å²) in [7, 11) is 1.49. The highest BCUT2D eigenvalue weighted by Crippen LogP contribution is 2.40. The van der Waals surface area contributed by atoms with Crippen LogP contribution >= 0.6 is 11.3 Å². The summed E-state index contributed by atoms with van der Waals surface area (Å²) < 4.78 is 10.4. The minimum absolute atomic E-state index is 0.00612. The average Bonchev–Trinajstić information content (AvgIpc) is 3.05. The minimum atomic E-state index is -0.0692. The smallest absolute Gasteiger partial charge is 0.309 e. The molecule has 0 radical (unpaired) electrons. The molecule has 1 aliphatic heterocycles. The third-order valence-corrected chi connectivity index (χ3v) is 5.79. The fraction of sp³-hybridized carbons (Fsp3) is 0.750. The van der Waals surface area contributed by atoms with Crippen LogP contribution in [0.4, 0.5) is 0 Å². The molecule has 2 unspecified atom stereocenters. The zero-order valence-corrected chi connectivity index (χ0v) is 13.4. The Kier molecular flexibility index (Phi) is 4.91. The zero-order chi connectivity index (χ0) is 14.7. The predicted octanol–water partition coefficient (Wildman–Crippen LogP) is 3.48. The van der Waals surface area contributed by atoms with E-state index in [0.29, 0.717) is 5.92 Å². The molecule has 4 nitrogen and oxygen atoms in total. The van der Waals surface area contributed by atoms with Crippen molar-refractivity contribution in [3.05, 3.63) is 16.1 Å². The zero-order valence-electron chi connectivity index (χ0n) is 12.5. The number of esters is 1. The molecule has 3 rings (SSSR count). The van der Waals surface area contributed by atoms with Crippen molar-refractivity contribution >= 4 is 17.3 Å². The van der Waals surface area contributed by atoms with Crippen molar-refractivity contribution in [2.24, 2.45) is 5.92 Å². The van der Waals surface area contributed by atoms with E-state index in [2.05, 4.69) is 5.38 Å². The van der Waals surface area contributed by atoms with Gasteiger partial charge in [0, 0.05) is 30.4 Å². The Labute approximate surface area is 129 Å². The van der Waals surface area contributed by atoms with Gasteiger partial charge in [0.2, 0.25) is 0 Å². The van der Waals surface area contributed by atoms with Crippen molar-refractivity contribution in [1.82, 2.24) is 4.98 Å². The summed E-state index contributed by atoms with van der Waals surface area (Å²) in [6, 6.07) is 0. The number of aromatic nitrogens is 1. The number of nitrogens with zero attached hydrogens (tertiary/aromatic N) is 1. The summed E-state index contributed by atoms with van der Waals surface area (Å²) in [4.78, 5) is 16.9. The van der Waals surface area contributed by atoms with E-state index >= 15 is 0 Å². The Morgan fingerprint density at radius 3 is 2.81 bits per heavy atom. The van der Waals surface area contributed by atoms with Crippen LogP contribution in [0.2, 0.25) is 0 Å². The standard InChI is InChI=1S/C16H23NO3S/c1-19-16(18)13-5-3-2-4-12(13)14-10-21-15(17-14)11-6-8-20-9-7-11/h10-13H,2-9H2,1H3. The summed E-state index contributed by atoms with van der Waals surface area (Å²) >= 11 is 1.75. The van der Waals surface area contributed by atoms with Gasteiger partial charge in [-0.3, -0.25) is 4.79 Å². The molecule has 2 aliphatic rings. The van der Waals surface area contributed by atoms with E-state index in [1.54, 1.807) is 11.3 Å². The number of hydrogen-bond donors (Lipinski definition) is 0. The Hall–Kier alpha value is -0.940. The van der Waals surface area contributed by atoms with E-state index in [1.165, 1.54) is 18.5 Å². The highest BCUT2D eigenvalue weighted by molar-refractivity contribution is 7.09. The fourth-order valence-corrected chi connectivity index (χ4v) is 4.58. The van der Waals surface area contributed by atoms with Crippen LogP contribution in [0.1, 0.15) is 61.1 Å². The Balaban J connectivity index is 1.75. The Bertz CT molecular complexity index is 482. The summed E-state index contributed by atoms with van der Waals surface area (Å²) in [6.45, 7) is 1.68. The molecule has 2 heterocycles. The fourth-order valence-electron chi connectivity index (χ4n) is 3.52. The van der Waals surface area contributed by atoms with Gasteiger partial charge in [0.15, 0.2) is 0 Å². The second-order valence-corrected chi connectivity index (χ2v) is 6.91. The SMILES string of the molecule is COC(=O)C1CCCCC1c1csc(C2CCOCC2)n1. The van der Waals surface area contributed by atoms with Crippen molar-refractivity contribution in [2.45, 2.75) is 50.4 Å². The summed E-state index contributed by atoms with van der Waals surface area (Å²) in [5.41, 5.74) is 1.11. The van der Waals surface area contributed by atoms with Gasteiger partial charge in [0.05, 0.1) is 23.7 Å². The number of thiazole rings is 1. The van der Waals surface area contributed by atoms with E-state index in [-0.39, 0.29) is 17.8 Å². The molecule has 0 aromatic carbocycles. The molecule has 1 aromatic heterocycles. The van der Waals surface area contributed by atoms with Gasteiger partial charge >= 0.3 is 5.97 Å². The molecule has 1 saturated heterocycles. The second-order valence-electron chi connectivity index (χ2n) is 6.02. The van der Waals surface area contributed by atoms with Gasteiger partial charge in [0.25, 0.3) is 0 Å². The van der Waals surface area contributed by atoms with Crippen LogP contribution in [0.25, 0.3) is 0 Å². The second kappa shape index (κ2) is 6.88. The van der Waals surface area contributed by atoms with Crippen LogP contribution in [-0.4, -0.2) is 31.3 Å². The number of rotatable bonds is 3. The number of methoxy groups -OCH3 is 1. The molecule has 5 heteroatoms. The largest absolute Gasteiger partial charge is 0.469 e. The third kappa shape index (κ3) is 3.29. The van der Waals surface area contributed by atoms with E-state index in [0.717, 1.165) is 51.0 Å². The lowest BCUT2D eigenvalue weighted by Crippen LogP contribution is -2.27.